The number of aromatic nitrogens is 3. The average molecular weight is 298 g/mol. The van der Waals surface area contributed by atoms with Crippen LogP contribution in [0, 0.1) is 0 Å². The molecule has 0 atom stereocenters. The summed E-state index contributed by atoms with van der Waals surface area (Å²) in [5.74, 6) is 0.529. The molecule has 4 heteroatoms. The van der Waals surface area contributed by atoms with Gasteiger partial charge in [-0.3, -0.25) is 9.97 Å². The fourth-order valence-corrected chi connectivity index (χ4v) is 2.76. The van der Waals surface area contributed by atoms with Gasteiger partial charge in [0.15, 0.2) is 0 Å². The topological polar surface area (TPSA) is 64.7 Å². The summed E-state index contributed by atoms with van der Waals surface area (Å²) < 4.78 is 0. The van der Waals surface area contributed by atoms with Gasteiger partial charge in [0.25, 0.3) is 0 Å². The van der Waals surface area contributed by atoms with E-state index in [0.717, 1.165) is 33.2 Å². The maximum absolute atomic E-state index is 6.01. The highest BCUT2D eigenvalue weighted by Gasteiger charge is 2.08. The van der Waals surface area contributed by atoms with Crippen LogP contribution in [0.3, 0.4) is 0 Å². The molecule has 0 amide bonds. The number of hydrogen-bond donors (Lipinski definition) is 1. The van der Waals surface area contributed by atoms with E-state index < -0.39 is 0 Å². The summed E-state index contributed by atoms with van der Waals surface area (Å²) in [6.07, 6.45) is 7.12. The maximum atomic E-state index is 6.01. The van der Waals surface area contributed by atoms with E-state index in [0.29, 0.717) is 5.82 Å². The van der Waals surface area contributed by atoms with Crippen LogP contribution in [-0.2, 0) is 0 Å². The summed E-state index contributed by atoms with van der Waals surface area (Å²) in [5.41, 5.74) is 11.2. The zero-order valence-corrected chi connectivity index (χ0v) is 12.3. The number of fused-ring (bicyclic) bond motifs is 1. The summed E-state index contributed by atoms with van der Waals surface area (Å²) in [6, 6.07) is 16.1. The molecule has 110 valence electrons. The zero-order chi connectivity index (χ0) is 15.6. The van der Waals surface area contributed by atoms with Gasteiger partial charge in [0.2, 0.25) is 0 Å². The Morgan fingerprint density at radius 1 is 0.696 bits per heavy atom. The van der Waals surface area contributed by atoms with Crippen LogP contribution < -0.4 is 5.73 Å². The molecule has 0 saturated carbocycles. The van der Waals surface area contributed by atoms with Gasteiger partial charge >= 0.3 is 0 Å². The lowest BCUT2D eigenvalue weighted by molar-refractivity contribution is 1.33. The molecule has 4 nitrogen and oxygen atoms in total. The van der Waals surface area contributed by atoms with Crippen LogP contribution in [0.4, 0.5) is 5.82 Å². The first kappa shape index (κ1) is 13.4. The smallest absolute Gasteiger partial charge is 0.131 e. The molecule has 0 aliphatic heterocycles. The predicted octanol–water partition coefficient (Wildman–Crippen LogP) is 3.94. The van der Waals surface area contributed by atoms with E-state index in [1.165, 1.54) is 0 Å². The van der Waals surface area contributed by atoms with E-state index in [2.05, 4.69) is 21.0 Å². The average Bonchev–Trinajstić information content (AvgIpc) is 2.62. The second-order valence-corrected chi connectivity index (χ2v) is 5.26. The second kappa shape index (κ2) is 5.50. The van der Waals surface area contributed by atoms with Crippen LogP contribution in [0.5, 0.6) is 0 Å². The van der Waals surface area contributed by atoms with Crippen molar-refractivity contribution < 1.29 is 0 Å². The Morgan fingerprint density at radius 3 is 2.39 bits per heavy atom. The van der Waals surface area contributed by atoms with Gasteiger partial charge in [-0.05, 0) is 59.2 Å². The van der Waals surface area contributed by atoms with Crippen molar-refractivity contribution in [2.45, 2.75) is 0 Å². The Balaban J connectivity index is 1.97. The summed E-state index contributed by atoms with van der Waals surface area (Å²) >= 11 is 0. The zero-order valence-electron chi connectivity index (χ0n) is 12.3. The Morgan fingerprint density at radius 2 is 1.57 bits per heavy atom. The first-order valence-corrected chi connectivity index (χ1v) is 7.33. The maximum Gasteiger partial charge on any atom is 0.131 e. The van der Waals surface area contributed by atoms with Gasteiger partial charge in [0.1, 0.15) is 5.82 Å². The Kier molecular flexibility index (Phi) is 3.20. The molecular formula is C19H14N4. The molecule has 0 saturated heterocycles. The fraction of sp³-hybridized carbons (Fsp3) is 0. The van der Waals surface area contributed by atoms with Crippen LogP contribution in [0.15, 0.2) is 73.3 Å². The van der Waals surface area contributed by atoms with Crippen LogP contribution in [0.1, 0.15) is 0 Å². The van der Waals surface area contributed by atoms with Crippen molar-refractivity contribution in [1.82, 2.24) is 15.0 Å². The summed E-state index contributed by atoms with van der Waals surface area (Å²) in [6.45, 7) is 0. The number of nitrogen functional groups attached to an aromatic ring is 1. The van der Waals surface area contributed by atoms with Gasteiger partial charge in [-0.25, -0.2) is 4.98 Å². The molecule has 4 rings (SSSR count). The van der Waals surface area contributed by atoms with Crippen molar-refractivity contribution in [2.24, 2.45) is 0 Å². The summed E-state index contributed by atoms with van der Waals surface area (Å²) in [5, 5.41) is 1.08. The quantitative estimate of drug-likeness (QED) is 0.608. The molecule has 2 N–H and O–H groups in total. The number of nitrogens with two attached hydrogens (primary N) is 1. The molecule has 0 radical (unpaired) electrons. The molecule has 0 aliphatic rings. The molecule has 4 aromatic rings. The standard InChI is InChI=1S/C19H14N4/c20-19-16(2-1-8-23-19)14-3-4-18-17(12-14)15(7-11-22-18)13-5-9-21-10-6-13/h1-12H,(H2,20,23). The molecule has 0 fully saturated rings. The largest absolute Gasteiger partial charge is 0.383 e. The third kappa shape index (κ3) is 2.40. The van der Waals surface area contributed by atoms with Gasteiger partial charge in [-0.2, -0.15) is 0 Å². The van der Waals surface area contributed by atoms with Crippen molar-refractivity contribution in [3.8, 4) is 22.3 Å². The Labute approximate surface area is 133 Å². The van der Waals surface area contributed by atoms with Crippen molar-refractivity contribution in [1.29, 1.82) is 0 Å². The molecule has 0 spiro atoms. The van der Waals surface area contributed by atoms with Gasteiger partial charge in [-0.1, -0.05) is 6.07 Å². The normalized spacial score (nSPS) is 10.8. The minimum atomic E-state index is 0.529. The van der Waals surface area contributed by atoms with Crippen LogP contribution in [-0.4, -0.2) is 15.0 Å². The van der Waals surface area contributed by atoms with Crippen LogP contribution in [0.2, 0.25) is 0 Å². The molecule has 23 heavy (non-hydrogen) atoms. The highest BCUT2D eigenvalue weighted by Crippen LogP contribution is 2.32. The minimum Gasteiger partial charge on any atom is -0.383 e. The van der Waals surface area contributed by atoms with Crippen molar-refractivity contribution >= 4 is 16.7 Å². The highest BCUT2D eigenvalue weighted by atomic mass is 14.8. The highest BCUT2D eigenvalue weighted by molar-refractivity contribution is 5.97. The Hall–Kier alpha value is -3.27. The molecule has 3 heterocycles. The Bertz CT molecular complexity index is 981. The third-order valence-electron chi connectivity index (χ3n) is 3.88. The first-order valence-electron chi connectivity index (χ1n) is 7.33. The van der Waals surface area contributed by atoms with Crippen molar-refractivity contribution in [3.63, 3.8) is 0 Å². The van der Waals surface area contributed by atoms with Crippen molar-refractivity contribution in [3.05, 3.63) is 73.3 Å². The van der Waals surface area contributed by atoms with Gasteiger partial charge < -0.3 is 5.73 Å². The third-order valence-corrected chi connectivity index (χ3v) is 3.88. The lowest BCUT2D eigenvalue weighted by atomic mass is 9.98. The summed E-state index contributed by atoms with van der Waals surface area (Å²) in [7, 11) is 0. The molecule has 0 aliphatic carbocycles. The fourth-order valence-electron chi connectivity index (χ4n) is 2.76. The van der Waals surface area contributed by atoms with E-state index in [-0.39, 0.29) is 0 Å². The lowest BCUT2D eigenvalue weighted by Gasteiger charge is -2.09. The van der Waals surface area contributed by atoms with E-state index >= 15 is 0 Å². The van der Waals surface area contributed by atoms with Crippen molar-refractivity contribution in [2.75, 3.05) is 5.73 Å². The van der Waals surface area contributed by atoms with E-state index in [9.17, 15) is 0 Å². The summed E-state index contributed by atoms with van der Waals surface area (Å²) in [4.78, 5) is 12.7. The molecule has 0 bridgehead atoms. The number of pyridine rings is 3. The number of anilines is 1. The lowest BCUT2D eigenvalue weighted by Crippen LogP contribution is -1.93. The number of hydrogen-bond acceptors (Lipinski definition) is 4. The van der Waals surface area contributed by atoms with Crippen LogP contribution in [0.25, 0.3) is 33.2 Å². The second-order valence-electron chi connectivity index (χ2n) is 5.26. The predicted molar refractivity (Wildman–Crippen MR) is 92.6 cm³/mol. The molecule has 0 unspecified atom stereocenters. The SMILES string of the molecule is Nc1ncccc1-c1ccc2nccc(-c3ccncc3)c2c1. The number of rotatable bonds is 2. The van der Waals surface area contributed by atoms with Crippen LogP contribution >= 0.6 is 0 Å². The van der Waals surface area contributed by atoms with E-state index in [4.69, 9.17) is 5.73 Å². The monoisotopic (exact) mass is 298 g/mol. The number of benzene rings is 1. The molecule has 1 aromatic carbocycles. The van der Waals surface area contributed by atoms with E-state index in [1.807, 2.05) is 48.7 Å². The van der Waals surface area contributed by atoms with E-state index in [1.54, 1.807) is 18.6 Å². The molecule has 3 aromatic heterocycles. The first-order chi connectivity index (χ1) is 11.3. The number of nitrogens with zero attached hydrogens (tertiary/aromatic N) is 3. The van der Waals surface area contributed by atoms with Gasteiger partial charge in [0, 0.05) is 35.7 Å². The molecular weight excluding hydrogens is 284 g/mol. The van der Waals surface area contributed by atoms with Gasteiger partial charge in [0.05, 0.1) is 5.52 Å². The minimum absolute atomic E-state index is 0.529. The van der Waals surface area contributed by atoms with Gasteiger partial charge in [-0.15, -0.1) is 0 Å².